The van der Waals surface area contributed by atoms with Crippen LogP contribution < -0.4 is 10.3 Å². The molecule has 0 unspecified atom stereocenters. The molecule has 3 rings (SSSR count). The van der Waals surface area contributed by atoms with E-state index in [1.165, 1.54) is 16.5 Å². The first-order valence-electron chi connectivity index (χ1n) is 6.51. The van der Waals surface area contributed by atoms with E-state index in [1.807, 2.05) is 37.5 Å². The first-order valence-corrected chi connectivity index (χ1v) is 6.51. The van der Waals surface area contributed by atoms with Crippen molar-refractivity contribution in [3.63, 3.8) is 0 Å². The zero-order valence-electron chi connectivity index (χ0n) is 11.4. The quantitative estimate of drug-likeness (QED) is 0.423. The second-order valence-electron chi connectivity index (χ2n) is 5.01. The van der Waals surface area contributed by atoms with E-state index in [9.17, 15) is 0 Å². The molecule has 0 aliphatic carbocycles. The van der Waals surface area contributed by atoms with Gasteiger partial charge in [-0.3, -0.25) is 5.41 Å². The van der Waals surface area contributed by atoms with Gasteiger partial charge in [-0.2, -0.15) is 0 Å². The van der Waals surface area contributed by atoms with E-state index < -0.39 is 0 Å². The van der Waals surface area contributed by atoms with Crippen LogP contribution in [0.15, 0.2) is 55.0 Å². The number of nitrogen functional groups attached to an aromatic ring is 1. The van der Waals surface area contributed by atoms with Gasteiger partial charge in [0.15, 0.2) is 12.4 Å². The predicted octanol–water partition coefficient (Wildman–Crippen LogP) is 1.80. The molecule has 3 N–H and O–H groups in total. The molecule has 4 heteroatoms. The van der Waals surface area contributed by atoms with Crippen molar-refractivity contribution in [2.24, 2.45) is 12.8 Å². The summed E-state index contributed by atoms with van der Waals surface area (Å²) >= 11 is 0. The first-order chi connectivity index (χ1) is 9.63. The summed E-state index contributed by atoms with van der Waals surface area (Å²) in [6.45, 7) is 0.811. The van der Waals surface area contributed by atoms with E-state index in [-0.39, 0.29) is 5.84 Å². The van der Waals surface area contributed by atoms with Crippen LogP contribution in [0.4, 0.5) is 0 Å². The number of benzene rings is 1. The van der Waals surface area contributed by atoms with Crippen LogP contribution in [-0.2, 0) is 13.6 Å². The van der Waals surface area contributed by atoms with Crippen LogP contribution in [0.5, 0.6) is 0 Å². The van der Waals surface area contributed by atoms with Crippen molar-refractivity contribution < 1.29 is 4.57 Å². The van der Waals surface area contributed by atoms with Crippen LogP contribution in [0.25, 0.3) is 10.9 Å². The first kappa shape index (κ1) is 12.4. The van der Waals surface area contributed by atoms with Gasteiger partial charge in [0.1, 0.15) is 18.4 Å². The number of aromatic nitrogens is 2. The van der Waals surface area contributed by atoms with E-state index in [0.29, 0.717) is 0 Å². The fourth-order valence-corrected chi connectivity index (χ4v) is 2.35. The van der Waals surface area contributed by atoms with Crippen molar-refractivity contribution in [1.82, 2.24) is 4.57 Å². The Morgan fingerprint density at radius 2 is 1.95 bits per heavy atom. The highest BCUT2D eigenvalue weighted by Crippen LogP contribution is 2.15. The van der Waals surface area contributed by atoms with Gasteiger partial charge in [0, 0.05) is 29.8 Å². The van der Waals surface area contributed by atoms with Crippen LogP contribution in [0, 0.1) is 5.41 Å². The predicted molar refractivity (Wildman–Crippen MR) is 79.7 cm³/mol. The maximum Gasteiger partial charge on any atom is 0.193 e. The third-order valence-electron chi connectivity index (χ3n) is 3.47. The third kappa shape index (κ3) is 2.28. The minimum atomic E-state index is 0.106. The number of nitrogens with one attached hydrogen (secondary N) is 1. The number of hydrogen-bond donors (Lipinski definition) is 2. The molecular weight excluding hydrogens is 248 g/mol. The molecule has 2 aromatic heterocycles. The van der Waals surface area contributed by atoms with Crippen LogP contribution >= 0.6 is 0 Å². The van der Waals surface area contributed by atoms with Crippen molar-refractivity contribution in [3.8, 4) is 0 Å². The van der Waals surface area contributed by atoms with Crippen molar-refractivity contribution in [2.75, 3.05) is 0 Å². The number of aryl methyl sites for hydroxylation is 1. The van der Waals surface area contributed by atoms with E-state index >= 15 is 0 Å². The Labute approximate surface area is 117 Å². The Bertz CT molecular complexity index is 769. The fraction of sp³-hybridized carbons (Fsp3) is 0.125. The molecule has 0 atom stereocenters. The largest absolute Gasteiger partial charge is 0.384 e. The SMILES string of the molecule is C[n+]1ccc2ccn(Cc3ccc(C(=N)N)cc3)c2c1. The summed E-state index contributed by atoms with van der Waals surface area (Å²) in [5.41, 5.74) is 8.63. The number of amidine groups is 1. The van der Waals surface area contributed by atoms with E-state index in [4.69, 9.17) is 11.1 Å². The van der Waals surface area contributed by atoms with Gasteiger partial charge in [0.25, 0.3) is 0 Å². The van der Waals surface area contributed by atoms with Crippen LogP contribution in [0.1, 0.15) is 11.1 Å². The maximum absolute atomic E-state index is 7.40. The molecule has 20 heavy (non-hydrogen) atoms. The molecule has 4 nitrogen and oxygen atoms in total. The molecule has 0 saturated carbocycles. The summed E-state index contributed by atoms with van der Waals surface area (Å²) in [6, 6.07) is 12.1. The lowest BCUT2D eigenvalue weighted by Crippen LogP contribution is -2.26. The highest BCUT2D eigenvalue weighted by atomic mass is 15.0. The Morgan fingerprint density at radius 1 is 1.20 bits per heavy atom. The smallest absolute Gasteiger partial charge is 0.193 e. The topological polar surface area (TPSA) is 58.7 Å². The zero-order valence-corrected chi connectivity index (χ0v) is 11.4. The summed E-state index contributed by atoms with van der Waals surface area (Å²) in [5.74, 6) is 0.106. The number of nitrogens with zero attached hydrogens (tertiary/aromatic N) is 2. The monoisotopic (exact) mass is 265 g/mol. The lowest BCUT2D eigenvalue weighted by Gasteiger charge is -2.06. The maximum atomic E-state index is 7.40. The fourth-order valence-electron chi connectivity index (χ4n) is 2.35. The number of hydrogen-bond acceptors (Lipinski definition) is 1. The molecule has 100 valence electrons. The summed E-state index contributed by atoms with van der Waals surface area (Å²) < 4.78 is 4.27. The number of fused-ring (bicyclic) bond motifs is 1. The standard InChI is InChI=1S/C16H17N4/c1-19-8-6-13-7-9-20(15(13)11-19)10-12-2-4-14(5-3-12)16(17)18/h2-9,11H,10H2,1H3,(H3,17,18)/q+1. The average molecular weight is 265 g/mol. The minimum Gasteiger partial charge on any atom is -0.384 e. The van der Waals surface area contributed by atoms with Gasteiger partial charge in [-0.1, -0.05) is 24.3 Å². The Kier molecular flexibility index (Phi) is 2.99. The molecule has 0 aliphatic heterocycles. The highest BCUT2D eigenvalue weighted by molar-refractivity contribution is 5.94. The third-order valence-corrected chi connectivity index (χ3v) is 3.47. The van der Waals surface area contributed by atoms with Gasteiger partial charge in [-0.25, -0.2) is 4.57 Å². The Morgan fingerprint density at radius 3 is 2.65 bits per heavy atom. The Balaban J connectivity index is 1.92. The molecule has 2 heterocycles. The van der Waals surface area contributed by atoms with Crippen LogP contribution in [-0.4, -0.2) is 10.4 Å². The van der Waals surface area contributed by atoms with Gasteiger partial charge in [0.05, 0.1) is 0 Å². The normalized spacial score (nSPS) is 10.8. The molecule has 0 fully saturated rings. The van der Waals surface area contributed by atoms with E-state index in [1.54, 1.807) is 0 Å². The molecule has 0 bridgehead atoms. The minimum absolute atomic E-state index is 0.106. The van der Waals surface area contributed by atoms with Gasteiger partial charge in [-0.05, 0) is 11.6 Å². The molecule has 3 aromatic rings. The van der Waals surface area contributed by atoms with Gasteiger partial charge >= 0.3 is 0 Å². The lowest BCUT2D eigenvalue weighted by atomic mass is 10.1. The second kappa shape index (κ2) is 4.81. The van der Waals surface area contributed by atoms with Crippen molar-refractivity contribution in [3.05, 3.63) is 66.1 Å². The summed E-state index contributed by atoms with van der Waals surface area (Å²) in [6.07, 6.45) is 6.27. The summed E-state index contributed by atoms with van der Waals surface area (Å²) in [7, 11) is 2.03. The Hall–Kier alpha value is -2.62. The van der Waals surface area contributed by atoms with E-state index in [0.717, 1.165) is 12.1 Å². The van der Waals surface area contributed by atoms with Crippen LogP contribution in [0.3, 0.4) is 0 Å². The molecule has 0 saturated heterocycles. The highest BCUT2D eigenvalue weighted by Gasteiger charge is 2.06. The average Bonchev–Trinajstić information content (AvgIpc) is 2.82. The molecule has 0 radical (unpaired) electrons. The zero-order chi connectivity index (χ0) is 14.1. The number of rotatable bonds is 3. The van der Waals surface area contributed by atoms with Crippen LogP contribution in [0.2, 0.25) is 0 Å². The molecule has 0 spiro atoms. The molecular formula is C16H17N4+. The summed E-state index contributed by atoms with van der Waals surface area (Å²) in [4.78, 5) is 0. The molecule has 0 aliphatic rings. The van der Waals surface area contributed by atoms with Crippen molar-refractivity contribution in [2.45, 2.75) is 6.54 Å². The number of nitrogens with two attached hydrogens (primary N) is 1. The van der Waals surface area contributed by atoms with Gasteiger partial charge in [0.2, 0.25) is 0 Å². The lowest BCUT2D eigenvalue weighted by molar-refractivity contribution is -0.670. The molecule has 0 amide bonds. The van der Waals surface area contributed by atoms with Crippen molar-refractivity contribution >= 4 is 16.7 Å². The van der Waals surface area contributed by atoms with Gasteiger partial charge < -0.3 is 10.3 Å². The molecule has 1 aromatic carbocycles. The van der Waals surface area contributed by atoms with Crippen molar-refractivity contribution in [1.29, 1.82) is 5.41 Å². The van der Waals surface area contributed by atoms with E-state index in [2.05, 4.69) is 33.7 Å². The number of pyridine rings is 1. The van der Waals surface area contributed by atoms with Gasteiger partial charge in [-0.15, -0.1) is 0 Å². The summed E-state index contributed by atoms with van der Waals surface area (Å²) in [5, 5.41) is 8.64. The second-order valence-corrected chi connectivity index (χ2v) is 5.01.